The summed E-state index contributed by atoms with van der Waals surface area (Å²) in [5.41, 5.74) is 0.606. The highest BCUT2D eigenvalue weighted by atomic mass is 35.5. The van der Waals surface area contributed by atoms with Crippen LogP contribution in [-0.4, -0.2) is 36.8 Å². The summed E-state index contributed by atoms with van der Waals surface area (Å²) < 4.78 is 43.1. The first kappa shape index (κ1) is 14.7. The third-order valence-electron chi connectivity index (χ3n) is 2.86. The lowest BCUT2D eigenvalue weighted by atomic mass is 10.1. The first-order chi connectivity index (χ1) is 8.80. The number of nitrogens with zero attached hydrogens (tertiary/aromatic N) is 1. The van der Waals surface area contributed by atoms with Gasteiger partial charge in [-0.1, -0.05) is 29.8 Å². The van der Waals surface area contributed by atoms with Crippen LogP contribution in [0, 0.1) is 0 Å². The first-order valence-electron chi connectivity index (χ1n) is 5.56. The average Bonchev–Trinajstić information content (AvgIpc) is 2.69. The Kier molecular flexibility index (Phi) is 4.14. The second-order valence-corrected chi connectivity index (χ2v) is 6.05. The van der Waals surface area contributed by atoms with Crippen molar-refractivity contribution in [2.75, 3.05) is 7.05 Å². The van der Waals surface area contributed by atoms with E-state index in [0.29, 0.717) is 14.9 Å². The van der Waals surface area contributed by atoms with E-state index in [4.69, 9.17) is 25.6 Å². The quantitative estimate of drug-likeness (QED) is 0.862. The number of ether oxygens (including phenoxy) is 2. The van der Waals surface area contributed by atoms with E-state index in [9.17, 15) is 8.42 Å². The Morgan fingerprint density at radius 3 is 2.53 bits per heavy atom. The molecule has 106 valence electrons. The van der Waals surface area contributed by atoms with Crippen LogP contribution in [0.3, 0.4) is 0 Å². The third-order valence-corrected chi connectivity index (χ3v) is 4.14. The van der Waals surface area contributed by atoms with Crippen LogP contribution in [0.25, 0.3) is 0 Å². The van der Waals surface area contributed by atoms with Crippen LogP contribution in [0.1, 0.15) is 18.6 Å². The molecule has 6 nitrogen and oxygen atoms in total. The number of hydrogen-bond donors (Lipinski definition) is 1. The zero-order valence-electron chi connectivity index (χ0n) is 10.4. The molecule has 1 heterocycles. The topological polar surface area (TPSA) is 76.1 Å². The van der Waals surface area contributed by atoms with Crippen molar-refractivity contribution in [1.29, 1.82) is 0 Å². The molecule has 0 saturated carbocycles. The largest absolute Gasteiger partial charge is 0.341 e. The van der Waals surface area contributed by atoms with Gasteiger partial charge >= 0.3 is 10.3 Å². The smallest absolute Gasteiger partial charge is 0.337 e. The molecule has 3 atom stereocenters. The fourth-order valence-electron chi connectivity index (χ4n) is 1.91. The molecule has 0 bridgehead atoms. The van der Waals surface area contributed by atoms with Gasteiger partial charge in [-0.2, -0.15) is 12.7 Å². The maximum atomic E-state index is 11.2. The first-order valence-corrected chi connectivity index (χ1v) is 7.34. The molecule has 8 heteroatoms. The molecule has 1 saturated heterocycles. The van der Waals surface area contributed by atoms with Gasteiger partial charge in [-0.15, -0.1) is 0 Å². The Labute approximate surface area is 116 Å². The van der Waals surface area contributed by atoms with Gasteiger partial charge in [0.25, 0.3) is 0 Å². The average molecular weight is 308 g/mol. The Balaban J connectivity index is 2.36. The van der Waals surface area contributed by atoms with Crippen molar-refractivity contribution in [3.63, 3.8) is 0 Å². The van der Waals surface area contributed by atoms with E-state index >= 15 is 0 Å². The molecule has 3 unspecified atom stereocenters. The third kappa shape index (κ3) is 3.07. The number of likely N-dealkylation sites (N-methyl/N-ethyl adjacent to an activating group) is 1. The van der Waals surface area contributed by atoms with Crippen molar-refractivity contribution >= 4 is 21.9 Å². The van der Waals surface area contributed by atoms with Gasteiger partial charge in [0.15, 0.2) is 12.5 Å². The SMILES string of the molecule is CC1OC(c2ccccc2Cl)C(N(C)S(=O)(=O)O)O1. The van der Waals surface area contributed by atoms with E-state index in [0.717, 1.165) is 0 Å². The molecule has 1 aromatic rings. The Morgan fingerprint density at radius 2 is 1.95 bits per heavy atom. The van der Waals surface area contributed by atoms with Crippen molar-refractivity contribution in [2.24, 2.45) is 0 Å². The van der Waals surface area contributed by atoms with Gasteiger partial charge in [0, 0.05) is 17.6 Å². The maximum Gasteiger partial charge on any atom is 0.337 e. The molecule has 1 aliphatic heterocycles. The van der Waals surface area contributed by atoms with E-state index in [1.54, 1.807) is 31.2 Å². The van der Waals surface area contributed by atoms with Gasteiger partial charge in [-0.05, 0) is 13.0 Å². The van der Waals surface area contributed by atoms with Crippen molar-refractivity contribution < 1.29 is 22.4 Å². The minimum Gasteiger partial charge on any atom is -0.341 e. The zero-order chi connectivity index (χ0) is 14.2. The Bertz CT molecular complexity index is 564. The normalized spacial score (nSPS) is 27.9. The zero-order valence-corrected chi connectivity index (χ0v) is 11.9. The van der Waals surface area contributed by atoms with E-state index in [2.05, 4.69) is 0 Å². The minimum absolute atomic E-state index is 0.443. The fraction of sp³-hybridized carbons (Fsp3) is 0.455. The minimum atomic E-state index is -4.38. The van der Waals surface area contributed by atoms with Gasteiger partial charge in [-0.25, -0.2) is 0 Å². The van der Waals surface area contributed by atoms with Gasteiger partial charge in [0.2, 0.25) is 0 Å². The van der Waals surface area contributed by atoms with Crippen LogP contribution in [-0.2, 0) is 19.8 Å². The van der Waals surface area contributed by atoms with Crippen LogP contribution >= 0.6 is 11.6 Å². The van der Waals surface area contributed by atoms with E-state index in [-0.39, 0.29) is 0 Å². The number of halogens is 1. The summed E-state index contributed by atoms with van der Waals surface area (Å²) in [5, 5.41) is 0.443. The highest BCUT2D eigenvalue weighted by molar-refractivity contribution is 7.83. The molecule has 1 fully saturated rings. The molecule has 0 amide bonds. The van der Waals surface area contributed by atoms with E-state index < -0.39 is 28.9 Å². The summed E-state index contributed by atoms with van der Waals surface area (Å²) in [6, 6.07) is 6.91. The highest BCUT2D eigenvalue weighted by Crippen LogP contribution is 2.37. The summed E-state index contributed by atoms with van der Waals surface area (Å²) in [5.74, 6) is 0. The predicted molar refractivity (Wildman–Crippen MR) is 68.9 cm³/mol. The lowest BCUT2D eigenvalue weighted by Gasteiger charge is -2.24. The molecule has 1 aromatic carbocycles. The standard InChI is InChI=1S/C11H14ClNO5S/c1-7-17-10(8-5-3-4-6-9(8)12)11(18-7)13(2)19(14,15)16/h3-7,10-11H,1-2H3,(H,14,15,16). The summed E-state index contributed by atoms with van der Waals surface area (Å²) >= 11 is 6.07. The lowest BCUT2D eigenvalue weighted by molar-refractivity contribution is -0.0637. The van der Waals surface area contributed by atoms with Gasteiger partial charge in [0.05, 0.1) is 0 Å². The van der Waals surface area contributed by atoms with Crippen LogP contribution in [0.2, 0.25) is 5.02 Å². The van der Waals surface area contributed by atoms with Crippen LogP contribution < -0.4 is 0 Å². The Morgan fingerprint density at radius 1 is 1.32 bits per heavy atom. The number of rotatable bonds is 3. The molecule has 1 aliphatic rings. The second-order valence-electron chi connectivity index (χ2n) is 4.17. The van der Waals surface area contributed by atoms with Crippen molar-refractivity contribution in [1.82, 2.24) is 4.31 Å². The molecule has 0 radical (unpaired) electrons. The molecule has 2 rings (SSSR count). The molecular weight excluding hydrogens is 294 g/mol. The molecule has 1 N–H and O–H groups in total. The van der Waals surface area contributed by atoms with E-state index in [1.807, 2.05) is 0 Å². The van der Waals surface area contributed by atoms with Crippen LogP contribution in [0.15, 0.2) is 24.3 Å². The summed E-state index contributed by atoms with van der Waals surface area (Å²) in [6.45, 7) is 1.64. The monoisotopic (exact) mass is 307 g/mol. The lowest BCUT2D eigenvalue weighted by Crippen LogP contribution is -2.39. The summed E-state index contributed by atoms with van der Waals surface area (Å²) in [6.07, 6.45) is -2.27. The number of hydrogen-bond acceptors (Lipinski definition) is 4. The van der Waals surface area contributed by atoms with Gasteiger partial charge in [-0.3, -0.25) is 4.55 Å². The Hall–Kier alpha value is -0.700. The van der Waals surface area contributed by atoms with Gasteiger partial charge < -0.3 is 9.47 Å². The van der Waals surface area contributed by atoms with Crippen molar-refractivity contribution in [3.05, 3.63) is 34.9 Å². The molecule has 0 aliphatic carbocycles. The number of benzene rings is 1. The van der Waals surface area contributed by atoms with Crippen LogP contribution in [0.5, 0.6) is 0 Å². The van der Waals surface area contributed by atoms with E-state index in [1.165, 1.54) is 7.05 Å². The van der Waals surface area contributed by atoms with Crippen LogP contribution in [0.4, 0.5) is 0 Å². The maximum absolute atomic E-state index is 11.2. The summed E-state index contributed by atoms with van der Waals surface area (Å²) in [4.78, 5) is 0. The van der Waals surface area contributed by atoms with Crippen molar-refractivity contribution in [3.8, 4) is 0 Å². The molecule has 19 heavy (non-hydrogen) atoms. The second kappa shape index (κ2) is 5.35. The molecule has 0 aromatic heterocycles. The predicted octanol–water partition coefficient (Wildman–Crippen LogP) is 1.83. The fourth-order valence-corrected chi connectivity index (χ4v) is 2.58. The van der Waals surface area contributed by atoms with Crippen molar-refractivity contribution in [2.45, 2.75) is 25.5 Å². The van der Waals surface area contributed by atoms with Gasteiger partial charge in [0.1, 0.15) is 6.10 Å². The molecular formula is C11H14ClNO5S. The summed E-state index contributed by atoms with van der Waals surface area (Å²) in [7, 11) is -3.16. The molecule has 0 spiro atoms. The highest BCUT2D eigenvalue weighted by Gasteiger charge is 2.42.